The Morgan fingerprint density at radius 1 is 1.23 bits per heavy atom. The van der Waals surface area contributed by atoms with Gasteiger partial charge in [-0.1, -0.05) is 12.1 Å². The molecule has 6 heteroatoms. The summed E-state index contributed by atoms with van der Waals surface area (Å²) in [5, 5.41) is 2.55. The normalized spacial score (nSPS) is 10.5. The van der Waals surface area contributed by atoms with Crippen LogP contribution in [0.15, 0.2) is 30.3 Å². The maximum Gasteiger partial charge on any atom is 0.331 e. The van der Waals surface area contributed by atoms with Gasteiger partial charge < -0.3 is 19.5 Å². The standard InChI is InChI=1S/C16H21NO5/c1-3-21-14-7-4-13(5-8-14)6-9-16(19)22-12-15(18)17-10-11-20-2/h4-9H,3,10-12H2,1-2H3,(H,17,18)/b9-6+. The minimum absolute atomic E-state index is 0.309. The molecule has 0 radical (unpaired) electrons. The lowest BCUT2D eigenvalue weighted by Gasteiger charge is -2.04. The first kappa shape index (κ1) is 17.7. The van der Waals surface area contributed by atoms with Crippen molar-refractivity contribution in [1.82, 2.24) is 5.32 Å². The van der Waals surface area contributed by atoms with Gasteiger partial charge >= 0.3 is 5.97 Å². The van der Waals surface area contributed by atoms with E-state index in [4.69, 9.17) is 14.2 Å². The summed E-state index contributed by atoms with van der Waals surface area (Å²) in [4.78, 5) is 22.8. The van der Waals surface area contributed by atoms with Crippen LogP contribution in [0.3, 0.4) is 0 Å². The number of nitrogens with one attached hydrogen (secondary N) is 1. The largest absolute Gasteiger partial charge is 0.494 e. The molecule has 0 atom stereocenters. The van der Waals surface area contributed by atoms with Crippen LogP contribution in [0.4, 0.5) is 0 Å². The summed E-state index contributed by atoms with van der Waals surface area (Å²) < 4.78 is 14.9. The zero-order valence-electron chi connectivity index (χ0n) is 12.8. The van der Waals surface area contributed by atoms with Gasteiger partial charge in [0.2, 0.25) is 0 Å². The van der Waals surface area contributed by atoms with Crippen molar-refractivity contribution in [1.29, 1.82) is 0 Å². The van der Waals surface area contributed by atoms with Crippen molar-refractivity contribution in [3.05, 3.63) is 35.9 Å². The second kappa shape index (κ2) is 10.4. The van der Waals surface area contributed by atoms with Crippen LogP contribution in [0.25, 0.3) is 6.08 Å². The zero-order valence-corrected chi connectivity index (χ0v) is 12.8. The summed E-state index contributed by atoms with van der Waals surface area (Å²) >= 11 is 0. The Balaban J connectivity index is 2.33. The Morgan fingerprint density at radius 2 is 1.95 bits per heavy atom. The van der Waals surface area contributed by atoms with E-state index in [0.717, 1.165) is 11.3 Å². The molecule has 1 N–H and O–H groups in total. The van der Waals surface area contributed by atoms with Gasteiger partial charge in [-0.05, 0) is 30.7 Å². The molecule has 0 fully saturated rings. The molecule has 0 spiro atoms. The predicted molar refractivity (Wildman–Crippen MR) is 82.5 cm³/mol. The monoisotopic (exact) mass is 307 g/mol. The first-order valence-electron chi connectivity index (χ1n) is 6.99. The van der Waals surface area contributed by atoms with Crippen LogP contribution in [0, 0.1) is 0 Å². The van der Waals surface area contributed by atoms with E-state index in [2.05, 4.69) is 5.32 Å². The zero-order chi connectivity index (χ0) is 16.2. The highest BCUT2D eigenvalue weighted by atomic mass is 16.5. The number of ether oxygens (including phenoxy) is 3. The van der Waals surface area contributed by atoms with Crippen LogP contribution in [0.5, 0.6) is 5.75 Å². The topological polar surface area (TPSA) is 73.9 Å². The maximum absolute atomic E-state index is 11.5. The van der Waals surface area contributed by atoms with Crippen LogP contribution in [-0.4, -0.2) is 45.4 Å². The fourth-order valence-electron chi connectivity index (χ4n) is 1.53. The van der Waals surface area contributed by atoms with Crippen LogP contribution in [-0.2, 0) is 19.1 Å². The van der Waals surface area contributed by atoms with Gasteiger partial charge in [-0.3, -0.25) is 4.79 Å². The summed E-state index contributed by atoms with van der Waals surface area (Å²) in [7, 11) is 1.54. The molecule has 6 nitrogen and oxygen atoms in total. The van der Waals surface area contributed by atoms with Crippen LogP contribution in [0.2, 0.25) is 0 Å². The molecule has 0 aliphatic carbocycles. The summed E-state index contributed by atoms with van der Waals surface area (Å²) in [5.41, 5.74) is 0.838. The Morgan fingerprint density at radius 3 is 2.59 bits per heavy atom. The van der Waals surface area contributed by atoms with Gasteiger partial charge in [0.05, 0.1) is 13.2 Å². The SMILES string of the molecule is CCOc1ccc(/C=C/C(=O)OCC(=O)NCCOC)cc1. The van der Waals surface area contributed by atoms with Gasteiger partial charge in [0.15, 0.2) is 6.61 Å². The second-order valence-electron chi connectivity index (χ2n) is 4.29. The van der Waals surface area contributed by atoms with Gasteiger partial charge in [0.25, 0.3) is 5.91 Å². The minimum atomic E-state index is -0.573. The average molecular weight is 307 g/mol. The number of carbonyl (C=O) groups is 2. The number of carbonyl (C=O) groups excluding carboxylic acids is 2. The van der Waals surface area contributed by atoms with E-state index in [9.17, 15) is 9.59 Å². The summed E-state index contributed by atoms with van der Waals surface area (Å²) in [6.45, 7) is 3.01. The summed E-state index contributed by atoms with van der Waals surface area (Å²) in [6, 6.07) is 7.29. The van der Waals surface area contributed by atoms with Crippen molar-refractivity contribution in [3.63, 3.8) is 0 Å². The molecule has 0 heterocycles. The van der Waals surface area contributed by atoms with Gasteiger partial charge in [-0.15, -0.1) is 0 Å². The first-order chi connectivity index (χ1) is 10.7. The van der Waals surface area contributed by atoms with Crippen molar-refractivity contribution in [2.75, 3.05) is 33.5 Å². The van der Waals surface area contributed by atoms with Gasteiger partial charge in [0.1, 0.15) is 5.75 Å². The number of benzene rings is 1. The van der Waals surface area contributed by atoms with E-state index in [1.54, 1.807) is 6.08 Å². The smallest absolute Gasteiger partial charge is 0.331 e. The predicted octanol–water partition coefficient (Wildman–Crippen LogP) is 1.40. The lowest BCUT2D eigenvalue weighted by molar-refractivity contribution is -0.143. The minimum Gasteiger partial charge on any atom is -0.494 e. The molecular weight excluding hydrogens is 286 g/mol. The summed E-state index contributed by atoms with van der Waals surface area (Å²) in [6.07, 6.45) is 2.89. The van der Waals surface area contributed by atoms with Crippen molar-refractivity contribution < 1.29 is 23.8 Å². The molecule has 1 amide bonds. The quantitative estimate of drug-likeness (QED) is 0.424. The molecule has 1 aromatic rings. The highest BCUT2D eigenvalue weighted by Gasteiger charge is 2.04. The van der Waals surface area contributed by atoms with Crippen molar-refractivity contribution in [3.8, 4) is 5.75 Å². The Hall–Kier alpha value is -2.34. The number of hydrogen-bond donors (Lipinski definition) is 1. The van der Waals surface area contributed by atoms with Gasteiger partial charge in [-0.25, -0.2) is 4.79 Å². The van der Waals surface area contributed by atoms with E-state index in [-0.39, 0.29) is 12.5 Å². The molecule has 0 unspecified atom stereocenters. The molecule has 0 saturated heterocycles. The average Bonchev–Trinajstić information content (AvgIpc) is 2.53. The second-order valence-corrected chi connectivity index (χ2v) is 4.29. The van der Waals surface area contributed by atoms with Crippen LogP contribution in [0.1, 0.15) is 12.5 Å². The van der Waals surface area contributed by atoms with E-state index in [0.29, 0.717) is 19.8 Å². The fourth-order valence-corrected chi connectivity index (χ4v) is 1.53. The fraction of sp³-hybridized carbons (Fsp3) is 0.375. The lowest BCUT2D eigenvalue weighted by Crippen LogP contribution is -2.31. The molecule has 22 heavy (non-hydrogen) atoms. The van der Waals surface area contributed by atoms with Crippen molar-refractivity contribution >= 4 is 18.0 Å². The van der Waals surface area contributed by atoms with E-state index < -0.39 is 5.97 Å². The number of rotatable bonds is 9. The van der Waals surface area contributed by atoms with Gasteiger partial charge in [0, 0.05) is 19.7 Å². The van der Waals surface area contributed by atoms with E-state index >= 15 is 0 Å². The lowest BCUT2D eigenvalue weighted by atomic mass is 10.2. The number of amides is 1. The van der Waals surface area contributed by atoms with Crippen molar-refractivity contribution in [2.45, 2.75) is 6.92 Å². The summed E-state index contributed by atoms with van der Waals surface area (Å²) in [5.74, 6) is -0.161. The highest BCUT2D eigenvalue weighted by molar-refractivity contribution is 5.89. The number of hydrogen-bond acceptors (Lipinski definition) is 5. The Kier molecular flexibility index (Phi) is 8.37. The molecule has 120 valence electrons. The third kappa shape index (κ3) is 7.44. The Bertz CT molecular complexity index is 496. The van der Waals surface area contributed by atoms with Crippen LogP contribution < -0.4 is 10.1 Å². The number of esters is 1. The molecule has 0 aromatic heterocycles. The third-order valence-corrected chi connectivity index (χ3v) is 2.58. The molecule has 1 rings (SSSR count). The van der Waals surface area contributed by atoms with Crippen molar-refractivity contribution in [2.24, 2.45) is 0 Å². The first-order valence-corrected chi connectivity index (χ1v) is 6.99. The molecular formula is C16H21NO5. The molecule has 0 aliphatic rings. The highest BCUT2D eigenvalue weighted by Crippen LogP contribution is 2.12. The van der Waals surface area contributed by atoms with E-state index in [1.807, 2.05) is 31.2 Å². The maximum atomic E-state index is 11.5. The molecule has 0 bridgehead atoms. The van der Waals surface area contributed by atoms with E-state index in [1.165, 1.54) is 13.2 Å². The third-order valence-electron chi connectivity index (χ3n) is 2.58. The Labute approximate surface area is 130 Å². The van der Waals surface area contributed by atoms with Gasteiger partial charge in [-0.2, -0.15) is 0 Å². The molecule has 0 aliphatic heterocycles. The number of methoxy groups -OCH3 is 1. The molecule has 0 saturated carbocycles. The molecule has 1 aromatic carbocycles. The van der Waals surface area contributed by atoms with Crippen LogP contribution >= 0.6 is 0 Å².